The van der Waals surface area contributed by atoms with E-state index in [0.29, 0.717) is 69.7 Å². The number of carbonyl (C=O) groups excluding carboxylic acids is 4. The highest BCUT2D eigenvalue weighted by Crippen LogP contribution is 2.42. The first-order chi connectivity index (χ1) is 34.1. The van der Waals surface area contributed by atoms with E-state index in [1.54, 1.807) is 16.2 Å². The van der Waals surface area contributed by atoms with Gasteiger partial charge in [0.25, 0.3) is 11.8 Å². The van der Waals surface area contributed by atoms with Gasteiger partial charge in [-0.15, -0.1) is 11.3 Å². The second kappa shape index (κ2) is 23.6. The fraction of sp³-hybridized carbons (Fsp3) is 0.480. The summed E-state index contributed by atoms with van der Waals surface area (Å²) in [6.45, 7) is 11.9. The fourth-order valence-corrected chi connectivity index (χ4v) is 9.68. The van der Waals surface area contributed by atoms with E-state index in [1.807, 2.05) is 57.5 Å². The lowest BCUT2D eigenvalue weighted by Crippen LogP contribution is -2.58. The number of likely N-dealkylation sites (tertiary alicyclic amines) is 1. The van der Waals surface area contributed by atoms with Crippen molar-refractivity contribution < 1.29 is 55.3 Å². The van der Waals surface area contributed by atoms with Crippen molar-refractivity contribution in [3.63, 3.8) is 0 Å². The van der Waals surface area contributed by atoms with Crippen LogP contribution in [0, 0.1) is 35.3 Å². The normalized spacial score (nSPS) is 16.2. The van der Waals surface area contributed by atoms with Crippen LogP contribution < -0.4 is 25.2 Å². The van der Waals surface area contributed by atoms with Crippen LogP contribution in [0.3, 0.4) is 0 Å². The van der Waals surface area contributed by atoms with Gasteiger partial charge in [-0.1, -0.05) is 45.0 Å². The van der Waals surface area contributed by atoms with Crippen molar-refractivity contribution in [2.45, 2.75) is 110 Å². The molecule has 2 N–H and O–H groups in total. The maximum Gasteiger partial charge on any atom is 0.420 e. The topological polar surface area (TPSA) is 179 Å². The average Bonchev–Trinajstić information content (AvgIpc) is 4.03. The van der Waals surface area contributed by atoms with Crippen molar-refractivity contribution in [1.29, 1.82) is 5.26 Å². The van der Waals surface area contributed by atoms with Crippen LogP contribution in [-0.4, -0.2) is 101 Å². The number of nitrogens with zero attached hydrogens (tertiary/aromatic N) is 6. The highest BCUT2D eigenvalue weighted by Gasteiger charge is 2.52. The number of unbranched alkanes of at least 4 members (excludes halogenated alkanes) is 2. The largest absolute Gasteiger partial charge is 0.476 e. The Hall–Kier alpha value is -6.15. The average molecular weight is 1040 g/mol. The van der Waals surface area contributed by atoms with E-state index >= 15 is 8.78 Å². The van der Waals surface area contributed by atoms with Crippen LogP contribution in [0.1, 0.15) is 95.5 Å². The Bertz CT molecular complexity index is 2670. The molecule has 4 aromatic rings. The molecule has 0 unspecified atom stereocenters. The van der Waals surface area contributed by atoms with Crippen LogP contribution in [-0.2, 0) is 41.4 Å². The van der Waals surface area contributed by atoms with Gasteiger partial charge in [0.1, 0.15) is 29.8 Å². The quantitative estimate of drug-likeness (QED) is 0.0463. The van der Waals surface area contributed by atoms with Crippen molar-refractivity contribution in [1.82, 2.24) is 25.5 Å². The number of thiocarbonyl (C=S) groups is 1. The van der Waals surface area contributed by atoms with Gasteiger partial charge in [-0.2, -0.15) is 18.4 Å². The van der Waals surface area contributed by atoms with Crippen molar-refractivity contribution in [2.24, 2.45) is 5.41 Å². The van der Waals surface area contributed by atoms with Gasteiger partial charge < -0.3 is 34.6 Å². The number of hydrogen-bond donors (Lipinski definition) is 2. The Morgan fingerprint density at radius 2 is 1.68 bits per heavy atom. The van der Waals surface area contributed by atoms with Gasteiger partial charge in [-0.3, -0.25) is 24.1 Å². The molecule has 2 aliphatic rings. The summed E-state index contributed by atoms with van der Waals surface area (Å²) in [4.78, 5) is 66.5. The predicted molar refractivity (Wildman–Crippen MR) is 263 cm³/mol. The van der Waals surface area contributed by atoms with Gasteiger partial charge >= 0.3 is 6.18 Å². The molecule has 15 nitrogen and oxygen atoms in total. The van der Waals surface area contributed by atoms with Crippen molar-refractivity contribution in [3.05, 3.63) is 88.2 Å². The number of nitriles is 1. The van der Waals surface area contributed by atoms with Crippen LogP contribution in [0.4, 0.5) is 33.3 Å². The minimum atomic E-state index is -5.24. The molecule has 2 saturated heterocycles. The number of amides is 4. The summed E-state index contributed by atoms with van der Waals surface area (Å²) in [6.07, 6.45) is -0.502. The summed E-state index contributed by atoms with van der Waals surface area (Å²) in [5.41, 5.74) is -1.14. The molecule has 0 bridgehead atoms. The van der Waals surface area contributed by atoms with Crippen LogP contribution in [0.15, 0.2) is 54.2 Å². The molecule has 0 saturated carbocycles. The summed E-state index contributed by atoms with van der Waals surface area (Å²) in [5.74, 6) is -5.00. The summed E-state index contributed by atoms with van der Waals surface area (Å²) >= 11 is 6.99. The first-order valence-corrected chi connectivity index (χ1v) is 24.6. The third kappa shape index (κ3) is 12.9. The molecule has 2 fully saturated rings. The van der Waals surface area contributed by atoms with Gasteiger partial charge in [0.05, 0.1) is 51.9 Å². The number of rotatable bonds is 21. The second-order valence-corrected chi connectivity index (χ2v) is 20.1. The van der Waals surface area contributed by atoms with Crippen LogP contribution in [0.25, 0.3) is 10.4 Å². The van der Waals surface area contributed by atoms with Gasteiger partial charge in [0, 0.05) is 39.0 Å². The lowest BCUT2D eigenvalue weighted by atomic mass is 9.85. The summed E-state index contributed by atoms with van der Waals surface area (Å²) in [6, 6.07) is 10.3. The number of aromatic nitrogens is 2. The molecule has 72 heavy (non-hydrogen) atoms. The van der Waals surface area contributed by atoms with E-state index in [2.05, 4.69) is 20.6 Å². The Morgan fingerprint density at radius 1 is 0.986 bits per heavy atom. The van der Waals surface area contributed by atoms with Gasteiger partial charge in [-0.25, -0.2) is 18.7 Å². The molecule has 4 amide bonds. The van der Waals surface area contributed by atoms with Crippen molar-refractivity contribution in [3.8, 4) is 22.4 Å². The first-order valence-electron chi connectivity index (χ1n) is 23.4. The molecule has 0 radical (unpaired) electrons. The Labute approximate surface area is 424 Å². The standard InChI is InChI=1S/C50H57F5N8O7S2/c1-30-41(72-29-59-30)32-15-13-31(14-16-32)26-57-43(65)37-12-10-19-61(37)45(66)42(48(2,3)4)60-38(64)28-69-22-11-21-68-20-8-7-9-23-70-44-35(51)24-34(27-58-44)63-47(71)62(46(67)49(63,5)6)36-18-17-33(25-56)39(40(36)52)50(53,54)55/h13-18,24,27,29,37,42H,7-12,19-23,26,28H2,1-6H3,(H,57,65)(H,60,64)/t37-,42+/m0/s1. The summed E-state index contributed by atoms with van der Waals surface area (Å²) in [7, 11) is 0. The minimum absolute atomic E-state index is 0.0323. The molecule has 2 aliphatic heterocycles. The number of benzene rings is 2. The van der Waals surface area contributed by atoms with Crippen molar-refractivity contribution in [2.75, 3.05) is 49.4 Å². The molecule has 22 heteroatoms. The van der Waals surface area contributed by atoms with E-state index in [1.165, 1.54) is 26.1 Å². The molecule has 0 aliphatic carbocycles. The van der Waals surface area contributed by atoms with E-state index in [9.17, 15) is 32.3 Å². The molecule has 2 aromatic carbocycles. The maximum atomic E-state index is 15.3. The molecule has 2 aromatic heterocycles. The zero-order chi connectivity index (χ0) is 52.5. The minimum Gasteiger partial charge on any atom is -0.476 e. The van der Waals surface area contributed by atoms with Gasteiger partial charge in [0.2, 0.25) is 17.7 Å². The lowest BCUT2D eigenvalue weighted by molar-refractivity contribution is -0.144. The monoisotopic (exact) mass is 1040 g/mol. The Kier molecular flexibility index (Phi) is 18.1. The molecule has 6 rings (SSSR count). The summed E-state index contributed by atoms with van der Waals surface area (Å²) < 4.78 is 88.5. The van der Waals surface area contributed by atoms with Gasteiger partial charge in [-0.05, 0) is 100 Å². The SMILES string of the molecule is Cc1ncsc1-c1ccc(CNC(=O)[C@@H]2CCCN2C(=O)[C@@H](NC(=O)COCCCOCCCCCOc2ncc(N3C(=S)N(c4ccc(C#N)c(C(F)(F)F)c4F)C(=O)C3(C)C)cc2F)C(C)(C)C)cc1. The molecule has 2 atom stereocenters. The number of thiazole rings is 1. The van der Waals surface area contributed by atoms with Gasteiger partial charge in [0.15, 0.2) is 16.7 Å². The number of carbonyl (C=O) groups is 4. The molecule has 386 valence electrons. The third-order valence-corrected chi connectivity index (χ3v) is 13.5. The second-order valence-electron chi connectivity index (χ2n) is 18.9. The zero-order valence-corrected chi connectivity index (χ0v) is 42.4. The molecule has 4 heterocycles. The summed E-state index contributed by atoms with van der Waals surface area (Å²) in [5, 5.41) is 14.5. The van der Waals surface area contributed by atoms with E-state index in [-0.39, 0.29) is 43.2 Å². The first kappa shape index (κ1) is 55.2. The van der Waals surface area contributed by atoms with E-state index in [0.717, 1.165) is 44.8 Å². The van der Waals surface area contributed by atoms with Crippen LogP contribution >= 0.6 is 23.6 Å². The van der Waals surface area contributed by atoms with Crippen LogP contribution in [0.5, 0.6) is 5.88 Å². The number of ether oxygens (including phenoxy) is 3. The highest BCUT2D eigenvalue weighted by molar-refractivity contribution is 7.81. The van der Waals surface area contributed by atoms with Crippen LogP contribution in [0.2, 0.25) is 0 Å². The van der Waals surface area contributed by atoms with E-state index < -0.39 is 74.6 Å². The number of halogens is 5. The fourth-order valence-electron chi connectivity index (χ4n) is 8.35. The zero-order valence-electron chi connectivity index (χ0n) is 40.8. The van der Waals surface area contributed by atoms with Crippen molar-refractivity contribution >= 4 is 63.7 Å². The number of aryl methyl sites for hydroxylation is 1. The lowest BCUT2D eigenvalue weighted by Gasteiger charge is -2.35. The smallest absolute Gasteiger partial charge is 0.420 e. The molecular formula is C50H57F5N8O7S2. The maximum absolute atomic E-state index is 15.3. The number of alkyl halides is 3. The number of anilines is 2. The molecular weight excluding hydrogens is 984 g/mol. The third-order valence-electron chi connectivity index (χ3n) is 12.2. The number of hydrogen-bond acceptors (Lipinski definition) is 12. The number of pyridine rings is 1. The Morgan fingerprint density at radius 3 is 2.33 bits per heavy atom. The Balaban J connectivity index is 0.861. The molecule has 0 spiro atoms. The predicted octanol–water partition coefficient (Wildman–Crippen LogP) is 8.41. The highest BCUT2D eigenvalue weighted by atomic mass is 32.1. The van der Waals surface area contributed by atoms with E-state index in [4.69, 9.17) is 31.7 Å². The number of nitrogens with one attached hydrogen (secondary N) is 2.